The minimum atomic E-state index is -3.93. The number of sulfonamides is 1. The molecule has 0 aliphatic heterocycles. The fraction of sp³-hybridized carbons (Fsp3) is 0. The predicted molar refractivity (Wildman–Crippen MR) is 121 cm³/mol. The van der Waals surface area contributed by atoms with Crippen LogP contribution < -0.4 is 10.0 Å². The maximum Gasteiger partial charge on any atom is 0.261 e. The number of fused-ring (bicyclic) bond motifs is 1. The van der Waals surface area contributed by atoms with Gasteiger partial charge in [-0.1, -0.05) is 46.3 Å². The molecule has 1 heterocycles. The number of rotatable bonds is 5. The van der Waals surface area contributed by atoms with Crippen LogP contribution in [0.25, 0.3) is 10.9 Å². The Kier molecular flexibility index (Phi) is 5.52. The molecule has 8 heteroatoms. The second-order valence-electron chi connectivity index (χ2n) is 6.45. The Labute approximate surface area is 182 Å². The molecule has 0 bridgehead atoms. The summed E-state index contributed by atoms with van der Waals surface area (Å²) in [5.74, 6) is -0.394. The van der Waals surface area contributed by atoms with E-state index in [1.807, 2.05) is 12.1 Å². The molecule has 0 saturated heterocycles. The smallest absolute Gasteiger partial charge is 0.261 e. The summed E-state index contributed by atoms with van der Waals surface area (Å²) in [6.07, 6.45) is 1.60. The molecule has 1 amide bonds. The van der Waals surface area contributed by atoms with Crippen LogP contribution in [0.2, 0.25) is 0 Å². The number of hydrogen-bond donors (Lipinski definition) is 2. The van der Waals surface area contributed by atoms with Crippen LogP contribution in [0.3, 0.4) is 0 Å². The minimum absolute atomic E-state index is 0.0183. The van der Waals surface area contributed by atoms with Crippen LogP contribution in [0.1, 0.15) is 10.4 Å². The van der Waals surface area contributed by atoms with Gasteiger partial charge in [0.25, 0.3) is 15.9 Å². The van der Waals surface area contributed by atoms with Gasteiger partial charge in [0.2, 0.25) is 0 Å². The lowest BCUT2D eigenvalue weighted by molar-refractivity contribution is 0.102. The molecule has 6 nitrogen and oxygen atoms in total. The first kappa shape index (κ1) is 20.1. The van der Waals surface area contributed by atoms with Crippen molar-refractivity contribution in [2.45, 2.75) is 4.90 Å². The monoisotopic (exact) mass is 481 g/mol. The largest absolute Gasteiger partial charge is 0.322 e. The fourth-order valence-electron chi connectivity index (χ4n) is 2.95. The zero-order valence-electron chi connectivity index (χ0n) is 15.5. The van der Waals surface area contributed by atoms with Crippen molar-refractivity contribution in [1.82, 2.24) is 4.98 Å². The SMILES string of the molecule is O=C(Nc1ccccc1)c1cccc(S(=O)(=O)Nc2ccc(Br)c3cccnc23)c1. The van der Waals surface area contributed by atoms with Gasteiger partial charge in [-0.3, -0.25) is 14.5 Å². The van der Waals surface area contributed by atoms with Gasteiger partial charge in [0.1, 0.15) is 0 Å². The molecular formula is C22H16BrN3O3S. The van der Waals surface area contributed by atoms with Crippen LogP contribution in [-0.4, -0.2) is 19.3 Å². The maximum absolute atomic E-state index is 13.0. The third-order valence-corrected chi connectivity index (χ3v) is 6.45. The van der Waals surface area contributed by atoms with Gasteiger partial charge in [0.15, 0.2) is 0 Å². The Morgan fingerprint density at radius 2 is 1.70 bits per heavy atom. The van der Waals surface area contributed by atoms with Crippen molar-refractivity contribution < 1.29 is 13.2 Å². The summed E-state index contributed by atoms with van der Waals surface area (Å²) in [6, 6.07) is 21.9. The van der Waals surface area contributed by atoms with Crippen LogP contribution in [-0.2, 0) is 10.0 Å². The lowest BCUT2D eigenvalue weighted by atomic mass is 10.2. The number of anilines is 2. The number of amides is 1. The van der Waals surface area contributed by atoms with Gasteiger partial charge in [0, 0.05) is 27.3 Å². The lowest BCUT2D eigenvalue weighted by Gasteiger charge is -2.12. The highest BCUT2D eigenvalue weighted by molar-refractivity contribution is 9.10. The van der Waals surface area contributed by atoms with E-state index in [0.29, 0.717) is 16.9 Å². The van der Waals surface area contributed by atoms with Gasteiger partial charge in [-0.15, -0.1) is 0 Å². The molecule has 4 rings (SSSR count). The van der Waals surface area contributed by atoms with E-state index in [9.17, 15) is 13.2 Å². The summed E-state index contributed by atoms with van der Waals surface area (Å²) in [7, 11) is -3.93. The van der Waals surface area contributed by atoms with Gasteiger partial charge in [0.05, 0.1) is 16.1 Å². The summed E-state index contributed by atoms with van der Waals surface area (Å²) in [4.78, 5) is 16.8. The van der Waals surface area contributed by atoms with Gasteiger partial charge in [-0.05, 0) is 48.5 Å². The Hall–Kier alpha value is -3.23. The van der Waals surface area contributed by atoms with Crippen molar-refractivity contribution >= 4 is 54.1 Å². The quantitative estimate of drug-likeness (QED) is 0.417. The molecule has 0 saturated carbocycles. The summed E-state index contributed by atoms with van der Waals surface area (Å²) in [5, 5.41) is 3.53. The van der Waals surface area contributed by atoms with Crippen LogP contribution in [0.4, 0.5) is 11.4 Å². The standard InChI is InChI=1S/C22H16BrN3O3S/c23-19-11-12-20(21-18(19)10-5-13-24-21)26-30(28,29)17-9-4-6-15(14-17)22(27)25-16-7-2-1-3-8-16/h1-14,26H,(H,25,27). The molecular weight excluding hydrogens is 466 g/mol. The van der Waals surface area contributed by atoms with E-state index in [0.717, 1.165) is 9.86 Å². The lowest BCUT2D eigenvalue weighted by Crippen LogP contribution is -2.16. The number of carbonyl (C=O) groups excluding carboxylic acids is 1. The van der Waals surface area contributed by atoms with Crippen molar-refractivity contribution in [2.75, 3.05) is 10.0 Å². The van der Waals surface area contributed by atoms with Crippen LogP contribution >= 0.6 is 15.9 Å². The number of carbonyl (C=O) groups is 1. The van der Waals surface area contributed by atoms with Crippen LogP contribution in [0.5, 0.6) is 0 Å². The molecule has 0 radical (unpaired) electrons. The average molecular weight is 482 g/mol. The summed E-state index contributed by atoms with van der Waals surface area (Å²) >= 11 is 3.45. The third-order valence-electron chi connectivity index (χ3n) is 4.40. The van der Waals surface area contributed by atoms with Crippen molar-refractivity contribution in [3.8, 4) is 0 Å². The van der Waals surface area contributed by atoms with Gasteiger partial charge >= 0.3 is 0 Å². The van der Waals surface area contributed by atoms with E-state index in [1.54, 1.807) is 54.7 Å². The summed E-state index contributed by atoms with van der Waals surface area (Å²) < 4.78 is 29.4. The highest BCUT2D eigenvalue weighted by Gasteiger charge is 2.18. The zero-order chi connectivity index (χ0) is 21.1. The average Bonchev–Trinajstić information content (AvgIpc) is 2.77. The molecule has 150 valence electrons. The van der Waals surface area contributed by atoms with E-state index in [1.165, 1.54) is 18.2 Å². The fourth-order valence-corrected chi connectivity index (χ4v) is 4.52. The topological polar surface area (TPSA) is 88.2 Å². The number of nitrogens with zero attached hydrogens (tertiary/aromatic N) is 1. The first-order chi connectivity index (χ1) is 14.4. The second kappa shape index (κ2) is 8.25. The van der Waals surface area contributed by atoms with Crippen molar-refractivity contribution in [2.24, 2.45) is 0 Å². The first-order valence-corrected chi connectivity index (χ1v) is 11.2. The highest BCUT2D eigenvalue weighted by Crippen LogP contribution is 2.30. The molecule has 1 aromatic heterocycles. The zero-order valence-corrected chi connectivity index (χ0v) is 17.9. The number of benzene rings is 3. The molecule has 0 atom stereocenters. The Balaban J connectivity index is 1.63. The van der Waals surface area contributed by atoms with Gasteiger partial charge in [-0.2, -0.15) is 0 Å². The van der Waals surface area contributed by atoms with Crippen molar-refractivity contribution in [3.05, 3.63) is 95.1 Å². The van der Waals surface area contributed by atoms with E-state index < -0.39 is 15.9 Å². The third kappa shape index (κ3) is 4.19. The highest BCUT2D eigenvalue weighted by atomic mass is 79.9. The Morgan fingerprint density at radius 1 is 0.900 bits per heavy atom. The molecule has 0 spiro atoms. The predicted octanol–water partition coefficient (Wildman–Crippen LogP) is 5.05. The molecule has 2 N–H and O–H groups in total. The number of aromatic nitrogens is 1. The van der Waals surface area contributed by atoms with Crippen LogP contribution in [0.15, 0.2) is 94.4 Å². The normalized spacial score (nSPS) is 11.2. The molecule has 4 aromatic rings. The summed E-state index contributed by atoms with van der Waals surface area (Å²) in [5.41, 5.74) is 1.74. The second-order valence-corrected chi connectivity index (χ2v) is 8.98. The Bertz CT molecular complexity index is 1340. The number of para-hydroxylation sites is 1. The first-order valence-electron chi connectivity index (χ1n) is 8.96. The van der Waals surface area contributed by atoms with E-state index >= 15 is 0 Å². The molecule has 0 aliphatic rings. The van der Waals surface area contributed by atoms with Crippen molar-refractivity contribution in [3.63, 3.8) is 0 Å². The van der Waals surface area contributed by atoms with Crippen LogP contribution in [0, 0.1) is 0 Å². The van der Waals surface area contributed by atoms with Gasteiger partial charge < -0.3 is 5.32 Å². The molecule has 0 fully saturated rings. The maximum atomic E-state index is 13.0. The molecule has 30 heavy (non-hydrogen) atoms. The number of pyridine rings is 1. The van der Waals surface area contributed by atoms with Crippen molar-refractivity contribution in [1.29, 1.82) is 0 Å². The molecule has 0 aliphatic carbocycles. The molecule has 0 unspecified atom stereocenters. The van der Waals surface area contributed by atoms with E-state index in [-0.39, 0.29) is 10.5 Å². The van der Waals surface area contributed by atoms with Gasteiger partial charge in [-0.25, -0.2) is 8.42 Å². The summed E-state index contributed by atoms with van der Waals surface area (Å²) in [6.45, 7) is 0. The van der Waals surface area contributed by atoms with E-state index in [2.05, 4.69) is 31.0 Å². The minimum Gasteiger partial charge on any atom is -0.322 e. The number of hydrogen-bond acceptors (Lipinski definition) is 4. The Morgan fingerprint density at radius 3 is 2.50 bits per heavy atom. The number of halogens is 1. The number of nitrogens with one attached hydrogen (secondary N) is 2. The molecule has 3 aromatic carbocycles. The van der Waals surface area contributed by atoms with E-state index in [4.69, 9.17) is 0 Å².